The molecule has 2 aliphatic rings. The number of likely N-dealkylation sites (tertiary alicyclic amines) is 2. The summed E-state index contributed by atoms with van der Waals surface area (Å²) in [4.78, 5) is 67.8. The number of anilines is 2. The van der Waals surface area contributed by atoms with Gasteiger partial charge in [-0.3, -0.25) is 19.4 Å². The monoisotopic (exact) mass is 803 g/mol. The summed E-state index contributed by atoms with van der Waals surface area (Å²) in [7, 11) is 0. The number of nitrogens with zero attached hydrogens (tertiary/aromatic N) is 2. The number of carbonyl (C=O) groups is 5. The maximum Gasteiger partial charge on any atom is 0.410 e. The van der Waals surface area contributed by atoms with Gasteiger partial charge < -0.3 is 35.3 Å². The number of aliphatic hydroxyl groups excluding tert-OH is 1. The van der Waals surface area contributed by atoms with Crippen LogP contribution in [0.25, 0.3) is 12.2 Å². The molecule has 4 aromatic rings. The number of hydrogen-bond donors (Lipinski definition) is 4. The second kappa shape index (κ2) is 20.1. The van der Waals surface area contributed by atoms with E-state index in [1.807, 2.05) is 111 Å². The van der Waals surface area contributed by atoms with Gasteiger partial charge in [0.1, 0.15) is 31.4 Å². The average molecular weight is 804 g/mol. The van der Waals surface area contributed by atoms with Gasteiger partial charge in [-0.2, -0.15) is 0 Å². The third kappa shape index (κ3) is 11.9. The highest BCUT2D eigenvalue weighted by molar-refractivity contribution is 5.98. The van der Waals surface area contributed by atoms with Crippen LogP contribution < -0.4 is 16.0 Å². The highest BCUT2D eigenvalue weighted by Gasteiger charge is 2.43. The third-order valence-corrected chi connectivity index (χ3v) is 10.1. The molecule has 6 rings (SSSR count). The summed E-state index contributed by atoms with van der Waals surface area (Å²) in [6.07, 6.45) is 1.22. The van der Waals surface area contributed by atoms with Crippen LogP contribution in [0, 0.1) is 0 Å². The zero-order chi connectivity index (χ0) is 41.7. The van der Waals surface area contributed by atoms with E-state index in [-0.39, 0.29) is 45.2 Å². The Morgan fingerprint density at radius 3 is 1.61 bits per heavy atom. The van der Waals surface area contributed by atoms with E-state index in [0.717, 1.165) is 28.7 Å². The molecule has 2 saturated heterocycles. The molecule has 14 heteroatoms. The molecular weight excluding hydrogens is 755 g/mol. The average Bonchev–Trinajstić information content (AvgIpc) is 3.86. The topological polar surface area (TPSA) is 176 Å². The summed E-state index contributed by atoms with van der Waals surface area (Å²) in [5.74, 6) is -0.861. The van der Waals surface area contributed by atoms with Crippen molar-refractivity contribution in [3.8, 4) is 0 Å². The predicted octanol–water partition coefficient (Wildman–Crippen LogP) is 6.81. The Morgan fingerprint density at radius 1 is 0.678 bits per heavy atom. The van der Waals surface area contributed by atoms with Crippen LogP contribution >= 0.6 is 0 Å². The SMILES string of the molecule is CCC(C)NC(=O)O[C@@H]1C[C@@H](C(=O)Nc2ccc(C=Cc3ccc(NC(=O)[C@@H]4C[C@@H](O)CN4C(=O)OCc4ccccc4)cc3)cc2)N(C(=O)OCc2ccccc2)C1. The molecule has 0 bridgehead atoms. The standard InChI is InChI=1S/C45H49N5O9/c1-3-30(2)46-43(54)59-38-25-40(50(27-38)45(56)58-29-34-12-8-5-9-13-34)42(53)48-36-22-18-32(19-23-36)15-14-31-16-20-35(21-17-31)47-41(52)39-24-37(51)26-49(39)44(55)57-28-33-10-6-4-7-11-33/h4-23,30,37-40,51H,3,24-29H2,1-2H3,(H,46,54)(H,47,52)(H,48,53)/t30?,37-,38-,39+,40+/m1/s1. The fourth-order valence-corrected chi connectivity index (χ4v) is 6.69. The summed E-state index contributed by atoms with van der Waals surface area (Å²) >= 11 is 0. The molecule has 0 aromatic heterocycles. The minimum absolute atomic E-state index is 0.00375. The summed E-state index contributed by atoms with van der Waals surface area (Å²) in [6, 6.07) is 30.8. The number of benzene rings is 4. The van der Waals surface area contributed by atoms with E-state index < -0.39 is 54.4 Å². The molecule has 14 nitrogen and oxygen atoms in total. The van der Waals surface area contributed by atoms with Crippen LogP contribution in [0.2, 0.25) is 0 Å². The molecule has 4 aromatic carbocycles. The van der Waals surface area contributed by atoms with Crippen molar-refractivity contribution in [2.24, 2.45) is 0 Å². The molecule has 5 amide bonds. The lowest BCUT2D eigenvalue weighted by atomic mass is 10.1. The molecule has 0 spiro atoms. The normalized spacial score (nSPS) is 19.2. The van der Waals surface area contributed by atoms with Gasteiger partial charge in [-0.1, -0.05) is 104 Å². The van der Waals surface area contributed by atoms with Gasteiger partial charge >= 0.3 is 18.3 Å². The first-order valence-electron chi connectivity index (χ1n) is 19.6. The molecule has 0 saturated carbocycles. The van der Waals surface area contributed by atoms with Crippen molar-refractivity contribution in [3.05, 3.63) is 131 Å². The maximum absolute atomic E-state index is 13.6. The van der Waals surface area contributed by atoms with Crippen molar-refractivity contribution >= 4 is 53.6 Å². The smallest absolute Gasteiger partial charge is 0.410 e. The van der Waals surface area contributed by atoms with Gasteiger partial charge in [-0.15, -0.1) is 0 Å². The Bertz CT molecular complexity index is 2080. The zero-order valence-electron chi connectivity index (χ0n) is 33.0. The highest BCUT2D eigenvalue weighted by atomic mass is 16.6. The van der Waals surface area contributed by atoms with Gasteiger partial charge in [0.25, 0.3) is 0 Å². The summed E-state index contributed by atoms with van der Waals surface area (Å²) in [6.45, 7) is 3.89. The van der Waals surface area contributed by atoms with Gasteiger partial charge in [-0.25, -0.2) is 14.4 Å². The lowest BCUT2D eigenvalue weighted by Gasteiger charge is -2.23. The van der Waals surface area contributed by atoms with Crippen molar-refractivity contribution in [1.29, 1.82) is 0 Å². The first kappa shape index (κ1) is 41.9. The van der Waals surface area contributed by atoms with E-state index in [4.69, 9.17) is 14.2 Å². The van der Waals surface area contributed by atoms with E-state index in [1.165, 1.54) is 9.80 Å². The van der Waals surface area contributed by atoms with Crippen molar-refractivity contribution in [2.45, 2.75) is 76.7 Å². The summed E-state index contributed by atoms with van der Waals surface area (Å²) in [5, 5.41) is 18.7. The van der Waals surface area contributed by atoms with E-state index in [9.17, 15) is 29.1 Å². The van der Waals surface area contributed by atoms with Gasteiger partial charge in [0, 0.05) is 30.3 Å². The molecule has 2 aliphatic heterocycles. The second-order valence-electron chi connectivity index (χ2n) is 14.6. The fourth-order valence-electron chi connectivity index (χ4n) is 6.69. The summed E-state index contributed by atoms with van der Waals surface area (Å²) < 4.78 is 16.5. The van der Waals surface area contributed by atoms with Crippen LogP contribution in [-0.4, -0.2) is 88.4 Å². The van der Waals surface area contributed by atoms with Gasteiger partial charge in [0.05, 0.1) is 19.2 Å². The number of rotatable bonds is 13. The molecule has 0 radical (unpaired) electrons. The van der Waals surface area contributed by atoms with Crippen LogP contribution in [0.4, 0.5) is 25.8 Å². The second-order valence-corrected chi connectivity index (χ2v) is 14.6. The molecule has 2 fully saturated rings. The maximum atomic E-state index is 13.6. The van der Waals surface area contributed by atoms with Crippen molar-refractivity contribution in [1.82, 2.24) is 15.1 Å². The van der Waals surface area contributed by atoms with Crippen molar-refractivity contribution in [2.75, 3.05) is 23.7 Å². The number of alkyl carbamates (subject to hydrolysis) is 1. The molecule has 308 valence electrons. The molecule has 59 heavy (non-hydrogen) atoms. The van der Waals surface area contributed by atoms with Crippen molar-refractivity contribution in [3.63, 3.8) is 0 Å². The number of amides is 5. The molecule has 4 N–H and O–H groups in total. The Morgan fingerprint density at radius 2 is 1.14 bits per heavy atom. The van der Waals surface area contributed by atoms with Crippen LogP contribution in [0.5, 0.6) is 0 Å². The number of nitrogens with one attached hydrogen (secondary N) is 3. The number of ether oxygens (including phenoxy) is 3. The number of aliphatic hydroxyl groups is 1. The van der Waals surface area contributed by atoms with Crippen LogP contribution in [0.1, 0.15) is 55.4 Å². The Hall–Kier alpha value is -6.67. The molecule has 2 heterocycles. The lowest BCUT2D eigenvalue weighted by molar-refractivity contribution is -0.120. The Balaban J connectivity index is 1.01. The minimum atomic E-state index is -0.933. The summed E-state index contributed by atoms with van der Waals surface area (Å²) in [5.41, 5.74) is 4.37. The van der Waals surface area contributed by atoms with E-state index >= 15 is 0 Å². The van der Waals surface area contributed by atoms with Crippen molar-refractivity contribution < 1.29 is 43.3 Å². The van der Waals surface area contributed by atoms with E-state index in [0.29, 0.717) is 11.4 Å². The quantitative estimate of drug-likeness (QED) is 0.0836. The van der Waals surface area contributed by atoms with Crippen LogP contribution in [0.3, 0.4) is 0 Å². The van der Waals surface area contributed by atoms with Gasteiger partial charge in [0.2, 0.25) is 11.8 Å². The van der Waals surface area contributed by atoms with E-state index in [2.05, 4.69) is 16.0 Å². The predicted molar refractivity (Wildman–Crippen MR) is 222 cm³/mol. The number of β-amino-alcohol motifs (C(OH)–C–C–N with tert-alkyl or cyclic N) is 1. The molecular formula is C45H49N5O9. The number of hydrogen-bond acceptors (Lipinski definition) is 9. The Labute approximate surface area is 343 Å². The van der Waals surface area contributed by atoms with E-state index in [1.54, 1.807) is 24.3 Å². The molecule has 5 atom stereocenters. The molecule has 0 aliphatic carbocycles. The third-order valence-electron chi connectivity index (χ3n) is 10.1. The van der Waals surface area contributed by atoms with Crippen LogP contribution in [0.15, 0.2) is 109 Å². The Kier molecular flexibility index (Phi) is 14.3. The largest absolute Gasteiger partial charge is 0.445 e. The minimum Gasteiger partial charge on any atom is -0.445 e. The van der Waals surface area contributed by atoms with Gasteiger partial charge in [0.15, 0.2) is 0 Å². The zero-order valence-corrected chi connectivity index (χ0v) is 33.0. The first-order valence-corrected chi connectivity index (χ1v) is 19.6. The fraction of sp³-hybridized carbons (Fsp3) is 0.311. The van der Waals surface area contributed by atoms with Crippen LogP contribution in [-0.2, 0) is 37.0 Å². The lowest BCUT2D eigenvalue weighted by Crippen LogP contribution is -2.43. The van der Waals surface area contributed by atoms with Gasteiger partial charge in [-0.05, 0) is 59.9 Å². The number of carbonyl (C=O) groups excluding carboxylic acids is 5. The first-order chi connectivity index (χ1) is 28.5. The molecule has 1 unspecified atom stereocenters. The highest BCUT2D eigenvalue weighted by Crippen LogP contribution is 2.25.